The van der Waals surface area contributed by atoms with Gasteiger partial charge >= 0.3 is 0 Å². The fourth-order valence-electron chi connectivity index (χ4n) is 4.22. The molecule has 3 aromatic rings. The first-order valence-electron chi connectivity index (χ1n) is 10.7. The van der Waals surface area contributed by atoms with E-state index >= 15 is 0 Å². The number of anilines is 1. The molecule has 0 unspecified atom stereocenters. The summed E-state index contributed by atoms with van der Waals surface area (Å²) < 4.78 is 10.9. The topological polar surface area (TPSA) is 87.5 Å². The maximum absolute atomic E-state index is 12.7. The van der Waals surface area contributed by atoms with Crippen molar-refractivity contribution in [1.29, 1.82) is 5.26 Å². The molecule has 4 rings (SSSR count). The normalized spacial score (nSPS) is 14.1. The van der Waals surface area contributed by atoms with Crippen molar-refractivity contribution < 1.29 is 14.3 Å². The largest absolute Gasteiger partial charge is 0.493 e. The summed E-state index contributed by atoms with van der Waals surface area (Å²) >= 11 is 0. The second-order valence-electron chi connectivity index (χ2n) is 7.82. The Balaban J connectivity index is 1.52. The van der Waals surface area contributed by atoms with Gasteiger partial charge in [0, 0.05) is 43.2 Å². The Labute approximate surface area is 187 Å². The number of ether oxygens (including phenoxy) is 2. The molecule has 2 heterocycles. The monoisotopic (exact) mass is 430 g/mol. The SMILES string of the molecule is COc1cc2ncc(C#N)c(N3CCC(C(=O)NCc4ccccc4)CC3)c2cc1OC. The van der Waals surface area contributed by atoms with Gasteiger partial charge in [-0.15, -0.1) is 0 Å². The van der Waals surface area contributed by atoms with Crippen LogP contribution in [0.1, 0.15) is 24.0 Å². The van der Waals surface area contributed by atoms with Crippen LogP contribution in [0.2, 0.25) is 0 Å². The molecule has 1 aliphatic heterocycles. The molecule has 164 valence electrons. The fourth-order valence-corrected chi connectivity index (χ4v) is 4.22. The van der Waals surface area contributed by atoms with Gasteiger partial charge in [-0.05, 0) is 24.5 Å². The molecule has 1 aliphatic rings. The summed E-state index contributed by atoms with van der Waals surface area (Å²) in [5.41, 5.74) is 3.17. The Bertz CT molecular complexity index is 1150. The number of fused-ring (bicyclic) bond motifs is 1. The number of methoxy groups -OCH3 is 2. The third-order valence-corrected chi connectivity index (χ3v) is 5.96. The highest BCUT2D eigenvalue weighted by Gasteiger charge is 2.27. The molecule has 32 heavy (non-hydrogen) atoms. The molecule has 1 fully saturated rings. The van der Waals surface area contributed by atoms with E-state index in [9.17, 15) is 10.1 Å². The highest BCUT2D eigenvalue weighted by atomic mass is 16.5. The van der Waals surface area contributed by atoms with Crippen LogP contribution < -0.4 is 19.7 Å². The standard InChI is InChI=1S/C25H26N4O3/c1-31-22-12-20-21(13-23(22)32-2)27-16-19(14-26)24(20)29-10-8-18(9-11-29)25(30)28-15-17-6-4-3-5-7-17/h3-7,12-13,16,18H,8-11,15H2,1-2H3,(H,28,30). The van der Waals surface area contributed by atoms with Crippen molar-refractivity contribution in [2.45, 2.75) is 19.4 Å². The molecular weight excluding hydrogens is 404 g/mol. The third-order valence-electron chi connectivity index (χ3n) is 5.96. The summed E-state index contributed by atoms with van der Waals surface area (Å²) in [6.07, 6.45) is 3.05. The molecule has 1 amide bonds. The lowest BCUT2D eigenvalue weighted by Gasteiger charge is -2.34. The van der Waals surface area contributed by atoms with Crippen LogP contribution in [0.3, 0.4) is 0 Å². The number of benzene rings is 2. The van der Waals surface area contributed by atoms with Crippen molar-refractivity contribution in [3.8, 4) is 17.6 Å². The van der Waals surface area contributed by atoms with Gasteiger partial charge in [-0.3, -0.25) is 9.78 Å². The number of carbonyl (C=O) groups excluding carboxylic acids is 1. The van der Waals surface area contributed by atoms with Gasteiger partial charge in [0.05, 0.1) is 31.0 Å². The average Bonchev–Trinajstić information content (AvgIpc) is 2.86. The van der Waals surface area contributed by atoms with Gasteiger partial charge in [-0.25, -0.2) is 0 Å². The smallest absolute Gasteiger partial charge is 0.223 e. The summed E-state index contributed by atoms with van der Waals surface area (Å²) in [5.74, 6) is 1.23. The minimum Gasteiger partial charge on any atom is -0.493 e. The second kappa shape index (κ2) is 9.56. The number of rotatable bonds is 6. The zero-order valence-electron chi connectivity index (χ0n) is 18.3. The zero-order chi connectivity index (χ0) is 22.5. The van der Waals surface area contributed by atoms with Crippen molar-refractivity contribution in [3.05, 3.63) is 59.8 Å². The van der Waals surface area contributed by atoms with Gasteiger partial charge in [-0.1, -0.05) is 30.3 Å². The minimum absolute atomic E-state index is 0.0387. The maximum atomic E-state index is 12.7. The highest BCUT2D eigenvalue weighted by molar-refractivity contribution is 5.96. The zero-order valence-corrected chi connectivity index (χ0v) is 18.3. The molecule has 0 aliphatic carbocycles. The Hall–Kier alpha value is -3.79. The summed E-state index contributed by atoms with van der Waals surface area (Å²) in [4.78, 5) is 19.3. The number of nitriles is 1. The Morgan fingerprint density at radius 3 is 2.50 bits per heavy atom. The quantitative estimate of drug-likeness (QED) is 0.642. The predicted molar refractivity (Wildman–Crippen MR) is 123 cm³/mol. The van der Waals surface area contributed by atoms with E-state index in [0.29, 0.717) is 36.7 Å². The van der Waals surface area contributed by atoms with Crippen molar-refractivity contribution in [2.75, 3.05) is 32.2 Å². The molecule has 0 atom stereocenters. The van der Waals surface area contributed by atoms with Crippen LogP contribution in [-0.4, -0.2) is 38.2 Å². The van der Waals surface area contributed by atoms with Crippen molar-refractivity contribution in [1.82, 2.24) is 10.3 Å². The van der Waals surface area contributed by atoms with Crippen molar-refractivity contribution in [2.24, 2.45) is 5.92 Å². The predicted octanol–water partition coefficient (Wildman–Crippen LogP) is 3.66. The van der Waals surface area contributed by atoms with Gasteiger partial charge in [0.2, 0.25) is 5.91 Å². The summed E-state index contributed by atoms with van der Waals surface area (Å²) in [6.45, 7) is 1.91. The van der Waals surface area contributed by atoms with E-state index in [2.05, 4.69) is 21.3 Å². The molecule has 1 saturated heterocycles. The number of aromatic nitrogens is 1. The summed E-state index contributed by atoms with van der Waals surface area (Å²) in [6, 6.07) is 15.9. The lowest BCUT2D eigenvalue weighted by atomic mass is 9.94. The molecule has 1 aromatic heterocycles. The highest BCUT2D eigenvalue weighted by Crippen LogP contribution is 2.38. The van der Waals surface area contributed by atoms with Gasteiger partial charge in [0.25, 0.3) is 0 Å². The van der Waals surface area contributed by atoms with Gasteiger partial charge in [0.1, 0.15) is 6.07 Å². The van der Waals surface area contributed by atoms with Crippen molar-refractivity contribution in [3.63, 3.8) is 0 Å². The van der Waals surface area contributed by atoms with Crippen LogP contribution in [0.25, 0.3) is 10.9 Å². The number of pyridine rings is 1. The number of hydrogen-bond acceptors (Lipinski definition) is 6. The van der Waals surface area contributed by atoms with Crippen LogP contribution in [0, 0.1) is 17.2 Å². The van der Waals surface area contributed by atoms with E-state index in [-0.39, 0.29) is 11.8 Å². The van der Waals surface area contributed by atoms with Gasteiger partial charge in [-0.2, -0.15) is 5.26 Å². The molecule has 0 saturated carbocycles. The summed E-state index contributed by atoms with van der Waals surface area (Å²) in [7, 11) is 3.17. The van der Waals surface area contributed by atoms with E-state index in [1.807, 2.05) is 42.5 Å². The van der Waals surface area contributed by atoms with E-state index in [1.54, 1.807) is 20.4 Å². The fraction of sp³-hybridized carbons (Fsp3) is 0.320. The van der Waals surface area contributed by atoms with E-state index in [4.69, 9.17) is 9.47 Å². The first kappa shape index (κ1) is 21.4. The molecule has 1 N–H and O–H groups in total. The molecular formula is C25H26N4O3. The van der Waals surface area contributed by atoms with Crippen LogP contribution >= 0.6 is 0 Å². The first-order chi connectivity index (χ1) is 15.6. The average molecular weight is 431 g/mol. The number of hydrogen-bond donors (Lipinski definition) is 1. The lowest BCUT2D eigenvalue weighted by molar-refractivity contribution is -0.125. The first-order valence-corrected chi connectivity index (χ1v) is 10.7. The second-order valence-corrected chi connectivity index (χ2v) is 7.82. The van der Waals surface area contributed by atoms with Crippen LogP contribution in [0.4, 0.5) is 5.69 Å². The van der Waals surface area contributed by atoms with Crippen LogP contribution in [0.15, 0.2) is 48.7 Å². The Kier molecular flexibility index (Phi) is 6.41. The number of nitrogens with one attached hydrogen (secondary N) is 1. The number of carbonyl (C=O) groups is 1. The van der Waals surface area contributed by atoms with Crippen LogP contribution in [-0.2, 0) is 11.3 Å². The van der Waals surface area contributed by atoms with E-state index in [1.165, 1.54) is 0 Å². The lowest BCUT2D eigenvalue weighted by Crippen LogP contribution is -2.40. The molecule has 2 aromatic carbocycles. The van der Waals surface area contributed by atoms with Gasteiger partial charge < -0.3 is 19.7 Å². The van der Waals surface area contributed by atoms with Crippen molar-refractivity contribution >= 4 is 22.5 Å². The van der Waals surface area contributed by atoms with Gasteiger partial charge in [0.15, 0.2) is 11.5 Å². The molecule has 7 nitrogen and oxygen atoms in total. The van der Waals surface area contributed by atoms with E-state index < -0.39 is 0 Å². The molecule has 7 heteroatoms. The third kappa shape index (κ3) is 4.30. The number of nitrogens with zero attached hydrogens (tertiary/aromatic N) is 3. The minimum atomic E-state index is -0.0387. The Morgan fingerprint density at radius 2 is 1.84 bits per heavy atom. The summed E-state index contributed by atoms with van der Waals surface area (Å²) in [5, 5.41) is 13.6. The number of piperidine rings is 1. The van der Waals surface area contributed by atoms with E-state index in [0.717, 1.165) is 35.0 Å². The molecule has 0 bridgehead atoms. The maximum Gasteiger partial charge on any atom is 0.223 e. The number of amides is 1. The molecule has 0 spiro atoms. The molecule has 0 radical (unpaired) electrons. The Morgan fingerprint density at radius 1 is 1.16 bits per heavy atom. The van der Waals surface area contributed by atoms with Crippen LogP contribution in [0.5, 0.6) is 11.5 Å².